The summed E-state index contributed by atoms with van der Waals surface area (Å²) in [5.74, 6) is 0.472. The van der Waals surface area contributed by atoms with Gasteiger partial charge >= 0.3 is 0 Å². The first kappa shape index (κ1) is 16.7. The Hall–Kier alpha value is -3.41. The largest absolute Gasteiger partial charge is 0.359 e. The second-order valence-corrected chi connectivity index (χ2v) is 7.12. The summed E-state index contributed by atoms with van der Waals surface area (Å²) in [6, 6.07) is 15.7. The van der Waals surface area contributed by atoms with Crippen molar-refractivity contribution >= 4 is 16.8 Å². The Kier molecular flexibility index (Phi) is 4.16. The topological polar surface area (TPSA) is 83.8 Å². The lowest BCUT2D eigenvalue weighted by Crippen LogP contribution is -2.31. The van der Waals surface area contributed by atoms with Crippen LogP contribution in [0.5, 0.6) is 0 Å². The molecule has 1 unspecified atom stereocenters. The third kappa shape index (κ3) is 2.97. The zero-order valence-corrected chi connectivity index (χ0v) is 15.3. The highest BCUT2D eigenvalue weighted by atomic mass is 16.5. The minimum atomic E-state index is -0.158. The van der Waals surface area contributed by atoms with Crippen molar-refractivity contribution in [3.05, 3.63) is 71.7 Å². The van der Waals surface area contributed by atoms with Gasteiger partial charge < -0.3 is 14.8 Å². The quantitative estimate of drug-likeness (QED) is 0.568. The van der Waals surface area contributed by atoms with Crippen molar-refractivity contribution in [2.75, 3.05) is 0 Å². The fourth-order valence-electron chi connectivity index (χ4n) is 4.01. The first-order chi connectivity index (χ1) is 13.8. The van der Waals surface area contributed by atoms with Gasteiger partial charge in [-0.1, -0.05) is 29.4 Å². The Morgan fingerprint density at radius 2 is 2.07 bits per heavy atom. The molecule has 1 atom stereocenters. The number of aromatic amines is 1. The summed E-state index contributed by atoms with van der Waals surface area (Å²) in [4.78, 5) is 20.6. The Morgan fingerprint density at radius 3 is 2.96 bits per heavy atom. The second kappa shape index (κ2) is 6.96. The number of benzene rings is 1. The Balaban J connectivity index is 1.32. The number of hydrogen-bond donors (Lipinski definition) is 2. The molecule has 0 bridgehead atoms. The number of para-hydroxylation sites is 1. The van der Waals surface area contributed by atoms with Gasteiger partial charge in [-0.15, -0.1) is 0 Å². The fraction of sp³-hybridized carbons (Fsp3) is 0.227. The predicted molar refractivity (Wildman–Crippen MR) is 106 cm³/mol. The molecule has 0 fully saturated rings. The van der Waals surface area contributed by atoms with E-state index < -0.39 is 0 Å². The zero-order chi connectivity index (χ0) is 18.9. The standard InChI is InChI=1S/C22H20N4O2/c27-22(24-13-14-12-20(26-28-14)19-10-3-4-11-23-19)17-8-5-7-16-15-6-1-2-9-18(15)25-21(16)17/h1-4,6,9-12,17,25H,5,7-8,13H2,(H,24,27). The summed E-state index contributed by atoms with van der Waals surface area (Å²) < 4.78 is 5.36. The summed E-state index contributed by atoms with van der Waals surface area (Å²) >= 11 is 0. The normalized spacial score (nSPS) is 16.1. The number of aromatic nitrogens is 3. The molecule has 140 valence electrons. The Bertz CT molecular complexity index is 1130. The van der Waals surface area contributed by atoms with Crippen LogP contribution in [0.25, 0.3) is 22.3 Å². The summed E-state index contributed by atoms with van der Waals surface area (Å²) in [6.07, 6.45) is 4.59. The van der Waals surface area contributed by atoms with Gasteiger partial charge in [-0.2, -0.15) is 0 Å². The maximum Gasteiger partial charge on any atom is 0.229 e. The number of H-pyrrole nitrogens is 1. The SMILES string of the molecule is O=C(NCc1cc(-c2ccccn2)no1)C1CCCc2c1[nH]c1ccccc21. The van der Waals surface area contributed by atoms with E-state index in [0.717, 1.165) is 36.2 Å². The monoisotopic (exact) mass is 372 g/mol. The van der Waals surface area contributed by atoms with Crippen LogP contribution >= 0.6 is 0 Å². The molecule has 3 aromatic heterocycles. The van der Waals surface area contributed by atoms with E-state index in [1.807, 2.05) is 36.4 Å². The van der Waals surface area contributed by atoms with E-state index >= 15 is 0 Å². The van der Waals surface area contributed by atoms with Crippen LogP contribution in [0.1, 0.15) is 35.8 Å². The molecular weight excluding hydrogens is 352 g/mol. The highest BCUT2D eigenvalue weighted by Crippen LogP contribution is 2.36. The highest BCUT2D eigenvalue weighted by molar-refractivity contribution is 5.90. The van der Waals surface area contributed by atoms with Crippen LogP contribution in [-0.4, -0.2) is 21.0 Å². The fourth-order valence-corrected chi connectivity index (χ4v) is 4.01. The maximum atomic E-state index is 12.9. The molecule has 1 aliphatic carbocycles. The van der Waals surface area contributed by atoms with E-state index in [4.69, 9.17) is 4.52 Å². The van der Waals surface area contributed by atoms with E-state index in [0.29, 0.717) is 18.0 Å². The summed E-state index contributed by atoms with van der Waals surface area (Å²) in [6.45, 7) is 0.310. The molecule has 0 spiro atoms. The van der Waals surface area contributed by atoms with Crippen LogP contribution < -0.4 is 5.32 Å². The molecule has 6 nitrogen and oxygen atoms in total. The predicted octanol–water partition coefficient (Wildman–Crippen LogP) is 3.95. The van der Waals surface area contributed by atoms with Gasteiger partial charge in [0.05, 0.1) is 18.2 Å². The van der Waals surface area contributed by atoms with Crippen molar-refractivity contribution < 1.29 is 9.32 Å². The van der Waals surface area contributed by atoms with Gasteiger partial charge in [0.15, 0.2) is 5.76 Å². The van der Waals surface area contributed by atoms with Gasteiger partial charge in [0, 0.05) is 28.9 Å². The molecule has 0 radical (unpaired) electrons. The second-order valence-electron chi connectivity index (χ2n) is 7.12. The van der Waals surface area contributed by atoms with E-state index in [2.05, 4.69) is 32.6 Å². The van der Waals surface area contributed by atoms with Crippen molar-refractivity contribution in [2.24, 2.45) is 0 Å². The third-order valence-corrected chi connectivity index (χ3v) is 5.35. The first-order valence-corrected chi connectivity index (χ1v) is 9.54. The van der Waals surface area contributed by atoms with Gasteiger partial charge in [-0.3, -0.25) is 9.78 Å². The van der Waals surface area contributed by atoms with Gasteiger partial charge in [-0.05, 0) is 43.0 Å². The van der Waals surface area contributed by atoms with E-state index in [1.165, 1.54) is 10.9 Å². The van der Waals surface area contributed by atoms with Crippen LogP contribution in [0.3, 0.4) is 0 Å². The summed E-state index contributed by atoms with van der Waals surface area (Å²) in [5, 5.41) is 8.28. The van der Waals surface area contributed by atoms with Crippen LogP contribution in [0.4, 0.5) is 0 Å². The summed E-state index contributed by atoms with van der Waals surface area (Å²) in [7, 11) is 0. The molecule has 28 heavy (non-hydrogen) atoms. The van der Waals surface area contributed by atoms with E-state index in [-0.39, 0.29) is 11.8 Å². The van der Waals surface area contributed by atoms with Crippen LogP contribution in [0.2, 0.25) is 0 Å². The molecule has 0 saturated carbocycles. The average Bonchev–Trinajstić information content (AvgIpc) is 3.37. The van der Waals surface area contributed by atoms with Crippen LogP contribution in [0.15, 0.2) is 59.3 Å². The highest BCUT2D eigenvalue weighted by Gasteiger charge is 2.29. The number of pyridine rings is 1. The zero-order valence-electron chi connectivity index (χ0n) is 15.3. The van der Waals surface area contributed by atoms with E-state index in [9.17, 15) is 4.79 Å². The number of rotatable bonds is 4. The molecule has 0 saturated heterocycles. The lowest BCUT2D eigenvalue weighted by Gasteiger charge is -2.21. The maximum absolute atomic E-state index is 12.9. The molecule has 6 heteroatoms. The molecular formula is C22H20N4O2. The molecule has 1 aromatic carbocycles. The van der Waals surface area contributed by atoms with Gasteiger partial charge in [0.25, 0.3) is 0 Å². The van der Waals surface area contributed by atoms with Gasteiger partial charge in [-0.25, -0.2) is 0 Å². The van der Waals surface area contributed by atoms with Crippen molar-refractivity contribution in [2.45, 2.75) is 31.7 Å². The van der Waals surface area contributed by atoms with Crippen molar-refractivity contribution in [3.63, 3.8) is 0 Å². The number of amides is 1. The molecule has 1 aliphatic rings. The summed E-state index contributed by atoms with van der Waals surface area (Å²) in [5.41, 5.74) is 4.84. The van der Waals surface area contributed by atoms with Gasteiger partial charge in [0.1, 0.15) is 5.69 Å². The lowest BCUT2D eigenvalue weighted by molar-refractivity contribution is -0.123. The molecule has 5 rings (SSSR count). The van der Waals surface area contributed by atoms with Crippen LogP contribution in [-0.2, 0) is 17.8 Å². The van der Waals surface area contributed by atoms with Crippen molar-refractivity contribution in [1.82, 2.24) is 20.4 Å². The number of aryl methyl sites for hydroxylation is 1. The number of hydrogen-bond acceptors (Lipinski definition) is 4. The minimum Gasteiger partial charge on any atom is -0.359 e. The molecule has 0 aliphatic heterocycles. The lowest BCUT2D eigenvalue weighted by atomic mass is 9.86. The molecule has 4 aromatic rings. The average molecular weight is 372 g/mol. The van der Waals surface area contributed by atoms with Gasteiger partial charge in [0.2, 0.25) is 5.91 Å². The van der Waals surface area contributed by atoms with E-state index in [1.54, 1.807) is 6.20 Å². The number of nitrogens with zero attached hydrogens (tertiary/aromatic N) is 2. The Labute approximate surface area is 162 Å². The van der Waals surface area contributed by atoms with Crippen LogP contribution in [0, 0.1) is 0 Å². The third-order valence-electron chi connectivity index (χ3n) is 5.35. The smallest absolute Gasteiger partial charge is 0.229 e. The number of carbonyl (C=O) groups is 1. The Morgan fingerprint density at radius 1 is 1.18 bits per heavy atom. The van der Waals surface area contributed by atoms with Crippen molar-refractivity contribution in [3.8, 4) is 11.4 Å². The number of fused-ring (bicyclic) bond motifs is 3. The molecule has 3 heterocycles. The minimum absolute atomic E-state index is 0.0169. The first-order valence-electron chi connectivity index (χ1n) is 9.54. The number of nitrogens with one attached hydrogen (secondary N) is 2. The molecule has 1 amide bonds. The molecule has 2 N–H and O–H groups in total. The van der Waals surface area contributed by atoms with Crippen molar-refractivity contribution in [1.29, 1.82) is 0 Å². The number of carbonyl (C=O) groups excluding carboxylic acids is 1.